The molecule has 0 amide bonds. The van der Waals surface area contributed by atoms with Crippen molar-refractivity contribution in [2.45, 2.75) is 32.2 Å². The number of nitrogens with two attached hydrogens (primary N) is 1. The molecule has 1 fully saturated rings. The summed E-state index contributed by atoms with van der Waals surface area (Å²) in [4.78, 5) is 2.49. The number of likely N-dealkylation sites (tertiary alicyclic amines) is 1. The third kappa shape index (κ3) is 3.79. The SMILES string of the molecule is CC1CCN(CCC(N)c2ccc(F)cc2)CC1. The number of benzene rings is 1. The standard InChI is InChI=1S/C15H23FN2/c1-12-6-9-18(10-7-12)11-8-15(17)13-2-4-14(16)5-3-13/h2-5,12,15H,6-11,17H2,1H3. The van der Waals surface area contributed by atoms with E-state index in [9.17, 15) is 4.39 Å². The zero-order valence-electron chi connectivity index (χ0n) is 11.1. The van der Waals surface area contributed by atoms with Crippen LogP contribution in [-0.4, -0.2) is 24.5 Å². The Morgan fingerprint density at radius 3 is 2.50 bits per heavy atom. The Bertz CT molecular complexity index is 355. The molecule has 18 heavy (non-hydrogen) atoms. The van der Waals surface area contributed by atoms with Gasteiger partial charge in [-0.15, -0.1) is 0 Å². The first kappa shape index (κ1) is 13.5. The Morgan fingerprint density at radius 1 is 1.28 bits per heavy atom. The molecule has 3 heteroatoms. The molecular weight excluding hydrogens is 227 g/mol. The van der Waals surface area contributed by atoms with Crippen molar-refractivity contribution in [2.24, 2.45) is 11.7 Å². The fourth-order valence-corrected chi connectivity index (χ4v) is 2.48. The van der Waals surface area contributed by atoms with Gasteiger partial charge in [-0.1, -0.05) is 19.1 Å². The van der Waals surface area contributed by atoms with Crippen molar-refractivity contribution in [1.29, 1.82) is 0 Å². The zero-order chi connectivity index (χ0) is 13.0. The second-order valence-corrected chi connectivity index (χ2v) is 5.47. The van der Waals surface area contributed by atoms with Gasteiger partial charge in [-0.05, 0) is 62.5 Å². The molecular formula is C15H23FN2. The van der Waals surface area contributed by atoms with Gasteiger partial charge in [0.25, 0.3) is 0 Å². The van der Waals surface area contributed by atoms with E-state index in [1.807, 2.05) is 0 Å². The van der Waals surface area contributed by atoms with Crippen LogP contribution in [0.4, 0.5) is 4.39 Å². The van der Waals surface area contributed by atoms with Gasteiger partial charge in [0.2, 0.25) is 0 Å². The van der Waals surface area contributed by atoms with E-state index < -0.39 is 0 Å². The minimum absolute atomic E-state index is 0.0185. The van der Waals surface area contributed by atoms with Crippen LogP contribution in [-0.2, 0) is 0 Å². The van der Waals surface area contributed by atoms with Crippen LogP contribution in [0.1, 0.15) is 37.8 Å². The molecule has 1 aliphatic heterocycles. The van der Waals surface area contributed by atoms with Crippen molar-refractivity contribution >= 4 is 0 Å². The van der Waals surface area contributed by atoms with Gasteiger partial charge < -0.3 is 10.6 Å². The average molecular weight is 250 g/mol. The van der Waals surface area contributed by atoms with Gasteiger partial charge in [-0.3, -0.25) is 0 Å². The molecule has 1 aliphatic rings. The van der Waals surface area contributed by atoms with Crippen molar-refractivity contribution in [2.75, 3.05) is 19.6 Å². The zero-order valence-corrected chi connectivity index (χ0v) is 11.1. The van der Waals surface area contributed by atoms with E-state index in [0.717, 1.165) is 24.4 Å². The molecule has 100 valence electrons. The Kier molecular flexibility index (Phi) is 4.72. The largest absolute Gasteiger partial charge is 0.324 e. The minimum Gasteiger partial charge on any atom is -0.324 e. The second-order valence-electron chi connectivity index (χ2n) is 5.47. The highest BCUT2D eigenvalue weighted by Gasteiger charge is 2.16. The number of nitrogens with zero attached hydrogens (tertiary/aromatic N) is 1. The summed E-state index contributed by atoms with van der Waals surface area (Å²) in [6.07, 6.45) is 3.54. The molecule has 2 rings (SSSR count). The molecule has 2 nitrogen and oxygen atoms in total. The van der Waals surface area contributed by atoms with Gasteiger partial charge in [0.05, 0.1) is 0 Å². The van der Waals surface area contributed by atoms with Gasteiger partial charge in [0.15, 0.2) is 0 Å². The molecule has 0 aromatic heterocycles. The highest BCUT2D eigenvalue weighted by atomic mass is 19.1. The van der Waals surface area contributed by atoms with Crippen LogP contribution in [0.2, 0.25) is 0 Å². The van der Waals surface area contributed by atoms with Crippen LogP contribution >= 0.6 is 0 Å². The molecule has 0 bridgehead atoms. The third-order valence-corrected chi connectivity index (χ3v) is 3.93. The molecule has 0 spiro atoms. The van der Waals surface area contributed by atoms with E-state index in [-0.39, 0.29) is 11.9 Å². The van der Waals surface area contributed by atoms with Crippen LogP contribution in [0.25, 0.3) is 0 Å². The predicted octanol–water partition coefficient (Wildman–Crippen LogP) is 2.95. The molecule has 1 aromatic rings. The molecule has 1 unspecified atom stereocenters. The van der Waals surface area contributed by atoms with Crippen LogP contribution < -0.4 is 5.73 Å². The lowest BCUT2D eigenvalue weighted by atomic mass is 9.98. The Balaban J connectivity index is 1.77. The maximum Gasteiger partial charge on any atom is 0.123 e. The van der Waals surface area contributed by atoms with Crippen molar-refractivity contribution in [3.8, 4) is 0 Å². The summed E-state index contributed by atoms with van der Waals surface area (Å²) in [7, 11) is 0. The molecule has 0 aliphatic carbocycles. The van der Waals surface area contributed by atoms with E-state index in [1.165, 1.54) is 38.1 Å². The minimum atomic E-state index is -0.198. The number of halogens is 1. The third-order valence-electron chi connectivity index (χ3n) is 3.93. The molecule has 0 saturated carbocycles. The summed E-state index contributed by atoms with van der Waals surface area (Å²) in [5.41, 5.74) is 7.17. The lowest BCUT2D eigenvalue weighted by Gasteiger charge is -2.30. The summed E-state index contributed by atoms with van der Waals surface area (Å²) in [5, 5.41) is 0. The number of rotatable bonds is 4. The predicted molar refractivity (Wildman–Crippen MR) is 72.8 cm³/mol. The maximum absolute atomic E-state index is 12.8. The van der Waals surface area contributed by atoms with Gasteiger partial charge in [-0.2, -0.15) is 0 Å². The van der Waals surface area contributed by atoms with Crippen molar-refractivity contribution in [3.63, 3.8) is 0 Å². The topological polar surface area (TPSA) is 29.3 Å². The van der Waals surface area contributed by atoms with Gasteiger partial charge >= 0.3 is 0 Å². The monoisotopic (exact) mass is 250 g/mol. The molecule has 2 N–H and O–H groups in total. The first-order chi connectivity index (χ1) is 8.65. The van der Waals surface area contributed by atoms with E-state index in [1.54, 1.807) is 12.1 Å². The van der Waals surface area contributed by atoms with Gasteiger partial charge in [0, 0.05) is 6.04 Å². The Hall–Kier alpha value is -0.930. The summed E-state index contributed by atoms with van der Waals surface area (Å²) in [6, 6.07) is 6.57. The van der Waals surface area contributed by atoms with Crippen LogP contribution in [0.5, 0.6) is 0 Å². The molecule has 1 saturated heterocycles. The number of hydrogen-bond acceptors (Lipinski definition) is 2. The van der Waals surface area contributed by atoms with Crippen LogP contribution in [0.15, 0.2) is 24.3 Å². The van der Waals surface area contributed by atoms with Crippen molar-refractivity contribution < 1.29 is 4.39 Å². The molecule has 1 atom stereocenters. The summed E-state index contributed by atoms with van der Waals surface area (Å²) < 4.78 is 12.8. The quantitative estimate of drug-likeness (QED) is 0.890. The summed E-state index contributed by atoms with van der Waals surface area (Å²) in [6.45, 7) is 5.75. The van der Waals surface area contributed by atoms with Crippen molar-refractivity contribution in [3.05, 3.63) is 35.6 Å². The molecule has 1 heterocycles. The average Bonchev–Trinajstić information content (AvgIpc) is 2.38. The second kappa shape index (κ2) is 6.30. The molecule has 0 radical (unpaired) electrons. The summed E-state index contributed by atoms with van der Waals surface area (Å²) >= 11 is 0. The highest BCUT2D eigenvalue weighted by Crippen LogP contribution is 2.19. The van der Waals surface area contributed by atoms with E-state index in [4.69, 9.17) is 5.73 Å². The molecule has 1 aromatic carbocycles. The maximum atomic E-state index is 12.8. The number of piperidine rings is 1. The summed E-state index contributed by atoms with van der Waals surface area (Å²) in [5.74, 6) is 0.669. The van der Waals surface area contributed by atoms with Crippen molar-refractivity contribution in [1.82, 2.24) is 4.90 Å². The van der Waals surface area contributed by atoms with E-state index >= 15 is 0 Å². The van der Waals surface area contributed by atoms with Gasteiger partial charge in [0.1, 0.15) is 5.82 Å². The van der Waals surface area contributed by atoms with E-state index in [0.29, 0.717) is 0 Å². The lowest BCUT2D eigenvalue weighted by molar-refractivity contribution is 0.187. The number of hydrogen-bond donors (Lipinski definition) is 1. The fourth-order valence-electron chi connectivity index (χ4n) is 2.48. The highest BCUT2D eigenvalue weighted by molar-refractivity contribution is 5.19. The van der Waals surface area contributed by atoms with Gasteiger partial charge in [-0.25, -0.2) is 4.39 Å². The fraction of sp³-hybridized carbons (Fsp3) is 0.600. The smallest absolute Gasteiger partial charge is 0.123 e. The Morgan fingerprint density at radius 2 is 1.89 bits per heavy atom. The normalized spacial score (nSPS) is 19.9. The first-order valence-electron chi connectivity index (χ1n) is 6.88. The van der Waals surface area contributed by atoms with E-state index in [2.05, 4.69) is 11.8 Å². The lowest BCUT2D eigenvalue weighted by Crippen LogP contribution is -2.34. The van der Waals surface area contributed by atoms with Crippen LogP contribution in [0.3, 0.4) is 0 Å². The first-order valence-corrected chi connectivity index (χ1v) is 6.88. The Labute approximate surface area is 109 Å². The van der Waals surface area contributed by atoms with Crippen LogP contribution in [0, 0.1) is 11.7 Å².